The van der Waals surface area contributed by atoms with Gasteiger partial charge in [0.2, 0.25) is 0 Å². The van der Waals surface area contributed by atoms with Crippen LogP contribution in [0.3, 0.4) is 0 Å². The first kappa shape index (κ1) is 15.3. The van der Waals surface area contributed by atoms with Gasteiger partial charge in [0, 0.05) is 11.4 Å². The summed E-state index contributed by atoms with van der Waals surface area (Å²) in [7, 11) is 0. The number of hydrogen-bond acceptors (Lipinski definition) is 4. The molecule has 3 aromatic rings. The second-order valence-electron chi connectivity index (χ2n) is 5.90. The van der Waals surface area contributed by atoms with Gasteiger partial charge in [-0.2, -0.15) is 0 Å². The molecule has 4 rings (SSSR count). The van der Waals surface area contributed by atoms with E-state index in [0.29, 0.717) is 6.42 Å². The number of amidine groups is 1. The lowest BCUT2D eigenvalue weighted by Gasteiger charge is -2.24. The van der Waals surface area contributed by atoms with Gasteiger partial charge in [-0.05, 0) is 42.0 Å². The molecule has 0 saturated heterocycles. The van der Waals surface area contributed by atoms with E-state index in [1.165, 1.54) is 0 Å². The minimum atomic E-state index is -0.148. The summed E-state index contributed by atoms with van der Waals surface area (Å²) in [4.78, 5) is 7.79. The highest BCUT2D eigenvalue weighted by atomic mass is 16.6. The molecule has 1 heterocycles. The van der Waals surface area contributed by atoms with Gasteiger partial charge in [-0.15, -0.1) is 0 Å². The van der Waals surface area contributed by atoms with Crippen LogP contribution in [-0.2, 0) is 4.84 Å². The fraction of sp³-hybridized carbons (Fsp3) is 0.0952. The number of phenols is 1. The Labute approximate surface area is 146 Å². The Hall–Kier alpha value is -3.27. The van der Waals surface area contributed by atoms with E-state index in [0.717, 1.165) is 22.8 Å². The van der Waals surface area contributed by atoms with Crippen LogP contribution in [0.2, 0.25) is 0 Å². The molecule has 1 N–H and O–H groups in total. The molecule has 1 aliphatic heterocycles. The molecule has 3 aromatic carbocycles. The predicted octanol–water partition coefficient (Wildman–Crippen LogP) is 5.01. The number of para-hydroxylation sites is 2. The minimum Gasteiger partial charge on any atom is -0.508 e. The molecule has 0 aromatic heterocycles. The van der Waals surface area contributed by atoms with E-state index < -0.39 is 0 Å². The maximum atomic E-state index is 9.46. The fourth-order valence-corrected chi connectivity index (χ4v) is 2.97. The summed E-state index contributed by atoms with van der Waals surface area (Å²) in [6, 6.07) is 27.4. The molecule has 25 heavy (non-hydrogen) atoms. The standard InChI is InChI=1S/C21H18N2O2/c24-19-13-11-16(12-14-19)20-15-21(22-25-20)23(17-7-3-1-4-8-17)18-9-5-2-6-10-18/h1-14,20,24H,15H2. The second-order valence-corrected chi connectivity index (χ2v) is 5.90. The number of benzene rings is 3. The first-order valence-electron chi connectivity index (χ1n) is 8.23. The number of rotatable bonds is 3. The third kappa shape index (κ3) is 3.19. The van der Waals surface area contributed by atoms with E-state index in [4.69, 9.17) is 4.84 Å². The molecule has 0 bridgehead atoms. The van der Waals surface area contributed by atoms with E-state index in [2.05, 4.69) is 34.3 Å². The number of phenolic OH excluding ortho intramolecular Hbond substituents is 1. The SMILES string of the molecule is Oc1ccc(C2CC(N(c3ccccc3)c3ccccc3)=NO2)cc1. The van der Waals surface area contributed by atoms with Gasteiger partial charge < -0.3 is 9.94 Å². The lowest BCUT2D eigenvalue weighted by molar-refractivity contribution is 0.0857. The average Bonchev–Trinajstić information content (AvgIpc) is 3.14. The van der Waals surface area contributed by atoms with Crippen LogP contribution in [0, 0.1) is 0 Å². The zero-order chi connectivity index (χ0) is 17.1. The molecule has 0 spiro atoms. The Balaban J connectivity index is 1.64. The van der Waals surface area contributed by atoms with Crippen LogP contribution in [0.15, 0.2) is 90.1 Å². The van der Waals surface area contributed by atoms with Gasteiger partial charge in [-0.1, -0.05) is 53.7 Å². The molecular weight excluding hydrogens is 312 g/mol. The fourth-order valence-electron chi connectivity index (χ4n) is 2.97. The molecule has 0 aliphatic carbocycles. The van der Waals surface area contributed by atoms with Crippen LogP contribution in [-0.4, -0.2) is 10.9 Å². The quantitative estimate of drug-likeness (QED) is 0.734. The first-order valence-corrected chi connectivity index (χ1v) is 8.23. The van der Waals surface area contributed by atoms with E-state index >= 15 is 0 Å². The molecule has 1 atom stereocenters. The van der Waals surface area contributed by atoms with Gasteiger partial charge in [0.1, 0.15) is 5.75 Å². The summed E-state index contributed by atoms with van der Waals surface area (Å²) in [6.45, 7) is 0. The lowest BCUT2D eigenvalue weighted by Crippen LogP contribution is -2.24. The largest absolute Gasteiger partial charge is 0.508 e. The van der Waals surface area contributed by atoms with Crippen molar-refractivity contribution in [3.63, 3.8) is 0 Å². The van der Waals surface area contributed by atoms with Crippen LogP contribution in [0.5, 0.6) is 5.75 Å². The van der Waals surface area contributed by atoms with Crippen molar-refractivity contribution in [3.05, 3.63) is 90.5 Å². The van der Waals surface area contributed by atoms with E-state index in [1.807, 2.05) is 48.5 Å². The highest BCUT2D eigenvalue weighted by Crippen LogP contribution is 2.34. The summed E-state index contributed by atoms with van der Waals surface area (Å²) in [6.07, 6.45) is 0.514. The zero-order valence-electron chi connectivity index (χ0n) is 13.6. The van der Waals surface area contributed by atoms with Crippen LogP contribution in [0.4, 0.5) is 11.4 Å². The van der Waals surface area contributed by atoms with Crippen LogP contribution >= 0.6 is 0 Å². The smallest absolute Gasteiger partial charge is 0.159 e. The van der Waals surface area contributed by atoms with Crippen LogP contribution < -0.4 is 4.90 Å². The molecule has 124 valence electrons. The molecule has 0 saturated carbocycles. The Kier molecular flexibility index (Phi) is 4.09. The number of oxime groups is 1. The topological polar surface area (TPSA) is 45.1 Å². The van der Waals surface area contributed by atoms with Gasteiger partial charge in [-0.3, -0.25) is 4.90 Å². The molecule has 4 heteroatoms. The van der Waals surface area contributed by atoms with E-state index in [-0.39, 0.29) is 11.9 Å². The Bertz CT molecular complexity index is 822. The molecule has 0 fully saturated rings. The molecule has 4 nitrogen and oxygen atoms in total. The van der Waals surface area contributed by atoms with Crippen molar-refractivity contribution in [2.45, 2.75) is 12.5 Å². The lowest BCUT2D eigenvalue weighted by atomic mass is 10.1. The van der Waals surface area contributed by atoms with Crippen molar-refractivity contribution in [3.8, 4) is 5.75 Å². The maximum Gasteiger partial charge on any atom is 0.159 e. The number of aromatic hydroxyl groups is 1. The van der Waals surface area contributed by atoms with Crippen LogP contribution in [0.1, 0.15) is 18.1 Å². The van der Waals surface area contributed by atoms with Gasteiger partial charge >= 0.3 is 0 Å². The summed E-state index contributed by atoms with van der Waals surface area (Å²) in [5, 5.41) is 13.8. The van der Waals surface area contributed by atoms with Gasteiger partial charge in [-0.25, -0.2) is 0 Å². The van der Waals surface area contributed by atoms with Gasteiger partial charge in [0.15, 0.2) is 11.9 Å². The second kappa shape index (κ2) is 6.69. The zero-order valence-corrected chi connectivity index (χ0v) is 13.6. The van der Waals surface area contributed by atoms with Crippen molar-refractivity contribution in [1.82, 2.24) is 0 Å². The summed E-state index contributed by atoms with van der Waals surface area (Å²) < 4.78 is 0. The maximum absolute atomic E-state index is 9.46. The Morgan fingerprint density at radius 3 is 1.92 bits per heavy atom. The summed E-state index contributed by atoms with van der Waals surface area (Å²) in [5.74, 6) is 1.11. The minimum absolute atomic E-state index is 0.148. The monoisotopic (exact) mass is 330 g/mol. The first-order chi connectivity index (χ1) is 12.3. The number of anilines is 2. The highest BCUT2D eigenvalue weighted by Gasteiger charge is 2.28. The van der Waals surface area contributed by atoms with E-state index in [1.54, 1.807) is 12.1 Å². The third-order valence-electron chi connectivity index (χ3n) is 4.21. The van der Waals surface area contributed by atoms with Crippen molar-refractivity contribution in [2.24, 2.45) is 5.16 Å². The van der Waals surface area contributed by atoms with Crippen molar-refractivity contribution in [1.29, 1.82) is 0 Å². The highest BCUT2D eigenvalue weighted by molar-refractivity contribution is 6.04. The molecule has 0 radical (unpaired) electrons. The molecule has 1 aliphatic rings. The van der Waals surface area contributed by atoms with Gasteiger partial charge in [0.25, 0.3) is 0 Å². The third-order valence-corrected chi connectivity index (χ3v) is 4.21. The number of nitrogens with zero attached hydrogens (tertiary/aromatic N) is 2. The van der Waals surface area contributed by atoms with Crippen molar-refractivity contribution < 1.29 is 9.94 Å². The Morgan fingerprint density at radius 2 is 1.36 bits per heavy atom. The van der Waals surface area contributed by atoms with E-state index in [9.17, 15) is 5.11 Å². The summed E-state index contributed by atoms with van der Waals surface area (Å²) in [5.41, 5.74) is 3.09. The van der Waals surface area contributed by atoms with Crippen molar-refractivity contribution in [2.75, 3.05) is 4.90 Å². The van der Waals surface area contributed by atoms with Crippen molar-refractivity contribution >= 4 is 17.2 Å². The number of hydrogen-bond donors (Lipinski definition) is 1. The van der Waals surface area contributed by atoms with Gasteiger partial charge in [0.05, 0.1) is 6.42 Å². The Morgan fingerprint density at radius 1 is 0.800 bits per heavy atom. The predicted molar refractivity (Wildman–Crippen MR) is 99.0 cm³/mol. The normalized spacial score (nSPS) is 16.2. The molecule has 0 amide bonds. The van der Waals surface area contributed by atoms with Crippen LogP contribution in [0.25, 0.3) is 0 Å². The summed E-state index contributed by atoms with van der Waals surface area (Å²) >= 11 is 0. The average molecular weight is 330 g/mol. The molecule has 1 unspecified atom stereocenters. The molecular formula is C21H18N2O2.